The van der Waals surface area contributed by atoms with Crippen molar-refractivity contribution < 1.29 is 38.2 Å². The Labute approximate surface area is 228 Å². The number of hydrogen-bond donors (Lipinski definition) is 1. The molecule has 1 heterocycles. The maximum Gasteiger partial charge on any atom is 0.339 e. The summed E-state index contributed by atoms with van der Waals surface area (Å²) in [5.74, 6) is -0.0980. The molecule has 0 spiro atoms. The monoisotopic (exact) mass is 547 g/mol. The van der Waals surface area contributed by atoms with Crippen LogP contribution in [0.3, 0.4) is 0 Å². The number of benzene rings is 3. The van der Waals surface area contributed by atoms with Gasteiger partial charge in [-0.1, -0.05) is 18.2 Å². The fourth-order valence-corrected chi connectivity index (χ4v) is 4.01. The zero-order chi connectivity index (χ0) is 28.8. The van der Waals surface area contributed by atoms with Crippen LogP contribution >= 0.6 is 0 Å². The van der Waals surface area contributed by atoms with E-state index in [0.29, 0.717) is 39.4 Å². The summed E-state index contributed by atoms with van der Waals surface area (Å²) in [6.45, 7) is -0.616. The molecule has 4 aromatic rings. The number of nitrogens with zero attached hydrogens (tertiary/aromatic N) is 2. The molecule has 1 N–H and O–H groups in total. The third-order valence-electron chi connectivity index (χ3n) is 5.90. The van der Waals surface area contributed by atoms with Crippen LogP contribution < -0.4 is 24.3 Å². The molecule has 0 aliphatic carbocycles. The topological polar surface area (TPSA) is 148 Å². The Balaban J connectivity index is 1.61. The van der Waals surface area contributed by atoms with E-state index in [-0.39, 0.29) is 22.7 Å². The van der Waals surface area contributed by atoms with Gasteiger partial charge in [-0.25, -0.2) is 9.78 Å². The van der Waals surface area contributed by atoms with Crippen LogP contribution in [0.1, 0.15) is 10.4 Å². The third-order valence-corrected chi connectivity index (χ3v) is 5.90. The number of para-hydroxylation sites is 1. The Morgan fingerprint density at radius 3 is 2.17 bits per heavy atom. The molecule has 0 radical (unpaired) electrons. The average Bonchev–Trinajstić information content (AvgIpc) is 2.98. The van der Waals surface area contributed by atoms with Gasteiger partial charge < -0.3 is 29.0 Å². The van der Waals surface area contributed by atoms with E-state index < -0.39 is 23.4 Å². The lowest BCUT2D eigenvalue weighted by Crippen LogP contribution is -2.21. The maximum atomic E-state index is 13.2. The highest BCUT2D eigenvalue weighted by molar-refractivity contribution is 6.05. The summed E-state index contributed by atoms with van der Waals surface area (Å²) in [5, 5.41) is 14.1. The first kappa shape index (κ1) is 27.6. The largest absolute Gasteiger partial charge is 0.494 e. The van der Waals surface area contributed by atoms with Gasteiger partial charge in [-0.05, 0) is 30.3 Å². The Bertz CT molecular complexity index is 1580. The van der Waals surface area contributed by atoms with Crippen LogP contribution in [0.4, 0.5) is 11.4 Å². The van der Waals surface area contributed by atoms with Crippen molar-refractivity contribution >= 4 is 34.2 Å². The van der Waals surface area contributed by atoms with E-state index >= 15 is 0 Å². The van der Waals surface area contributed by atoms with Crippen LogP contribution in [0.5, 0.6) is 23.0 Å². The van der Waals surface area contributed by atoms with Crippen molar-refractivity contribution in [2.75, 3.05) is 40.4 Å². The molecule has 12 nitrogen and oxygen atoms in total. The third kappa shape index (κ3) is 5.70. The molecule has 3 aromatic carbocycles. The first-order valence-electron chi connectivity index (χ1n) is 11.8. The van der Waals surface area contributed by atoms with Crippen molar-refractivity contribution in [3.05, 3.63) is 76.3 Å². The summed E-state index contributed by atoms with van der Waals surface area (Å²) in [7, 11) is 5.80. The number of carbonyl (C=O) groups is 2. The van der Waals surface area contributed by atoms with Gasteiger partial charge in [0.15, 0.2) is 18.1 Å². The number of methoxy groups -OCH3 is 4. The second kappa shape index (κ2) is 12.0. The van der Waals surface area contributed by atoms with Gasteiger partial charge in [-0.3, -0.25) is 14.9 Å². The number of non-ortho nitro benzene ring substituents is 1. The smallest absolute Gasteiger partial charge is 0.339 e. The molecule has 40 heavy (non-hydrogen) atoms. The predicted molar refractivity (Wildman–Crippen MR) is 145 cm³/mol. The lowest BCUT2D eigenvalue weighted by molar-refractivity contribution is -0.384. The van der Waals surface area contributed by atoms with E-state index in [4.69, 9.17) is 23.7 Å². The van der Waals surface area contributed by atoms with E-state index in [2.05, 4.69) is 10.3 Å². The number of nitrogens with one attached hydrogen (secondary N) is 1. The highest BCUT2D eigenvalue weighted by Gasteiger charge is 2.20. The van der Waals surface area contributed by atoms with E-state index in [0.717, 1.165) is 0 Å². The van der Waals surface area contributed by atoms with Gasteiger partial charge in [0, 0.05) is 17.0 Å². The summed E-state index contributed by atoms with van der Waals surface area (Å²) in [5.41, 5.74) is 1.74. The minimum absolute atomic E-state index is 0.0870. The number of amides is 1. The van der Waals surface area contributed by atoms with Crippen molar-refractivity contribution in [1.29, 1.82) is 0 Å². The van der Waals surface area contributed by atoms with Crippen molar-refractivity contribution in [3.8, 4) is 34.3 Å². The molecule has 0 fully saturated rings. The second-order valence-electron chi connectivity index (χ2n) is 8.25. The van der Waals surface area contributed by atoms with Gasteiger partial charge >= 0.3 is 5.97 Å². The number of nitro benzene ring substituents is 1. The molecular formula is C28H25N3O9. The molecule has 0 bridgehead atoms. The van der Waals surface area contributed by atoms with Crippen LogP contribution in [0.25, 0.3) is 22.2 Å². The number of fused-ring (bicyclic) bond motifs is 1. The van der Waals surface area contributed by atoms with Gasteiger partial charge in [0.05, 0.1) is 61.9 Å². The Morgan fingerprint density at radius 1 is 0.875 bits per heavy atom. The summed E-state index contributed by atoms with van der Waals surface area (Å²) < 4.78 is 26.7. The molecule has 1 amide bonds. The van der Waals surface area contributed by atoms with Gasteiger partial charge in [0.1, 0.15) is 5.75 Å². The maximum absolute atomic E-state index is 13.2. The van der Waals surface area contributed by atoms with Crippen LogP contribution in [0.15, 0.2) is 60.7 Å². The first-order chi connectivity index (χ1) is 19.3. The van der Waals surface area contributed by atoms with Crippen molar-refractivity contribution in [2.45, 2.75) is 0 Å². The molecule has 1 aromatic heterocycles. The van der Waals surface area contributed by atoms with Crippen LogP contribution in [0.2, 0.25) is 0 Å². The van der Waals surface area contributed by atoms with Crippen LogP contribution in [-0.2, 0) is 9.53 Å². The fourth-order valence-electron chi connectivity index (χ4n) is 4.01. The molecule has 4 rings (SSSR count). The number of hydrogen-bond acceptors (Lipinski definition) is 10. The van der Waals surface area contributed by atoms with Crippen molar-refractivity contribution in [2.24, 2.45) is 0 Å². The number of esters is 1. The normalized spacial score (nSPS) is 10.5. The van der Waals surface area contributed by atoms with Gasteiger partial charge in [-0.15, -0.1) is 0 Å². The van der Waals surface area contributed by atoms with E-state index in [1.165, 1.54) is 46.6 Å². The van der Waals surface area contributed by atoms with E-state index in [9.17, 15) is 19.7 Å². The molecule has 0 atom stereocenters. The summed E-state index contributed by atoms with van der Waals surface area (Å²) >= 11 is 0. The number of anilines is 1. The lowest BCUT2D eigenvalue weighted by Gasteiger charge is -2.15. The molecule has 0 saturated carbocycles. The zero-order valence-corrected chi connectivity index (χ0v) is 22.0. The van der Waals surface area contributed by atoms with Crippen LogP contribution in [0, 0.1) is 10.1 Å². The summed E-state index contributed by atoms with van der Waals surface area (Å²) in [6, 6.07) is 15.7. The lowest BCUT2D eigenvalue weighted by atomic mass is 10.0. The minimum atomic E-state index is -0.752. The van der Waals surface area contributed by atoms with E-state index in [1.807, 2.05) is 0 Å². The van der Waals surface area contributed by atoms with Gasteiger partial charge in [0.25, 0.3) is 11.6 Å². The molecule has 0 unspecified atom stereocenters. The highest BCUT2D eigenvalue weighted by Crippen LogP contribution is 2.41. The highest BCUT2D eigenvalue weighted by atomic mass is 16.6. The molecular weight excluding hydrogens is 522 g/mol. The Hall–Kier alpha value is -5.39. The van der Waals surface area contributed by atoms with Crippen molar-refractivity contribution in [3.63, 3.8) is 0 Å². The minimum Gasteiger partial charge on any atom is -0.494 e. The molecule has 12 heteroatoms. The SMILES string of the molecule is COc1cc([N+](=O)[O-])ccc1NC(=O)COC(=O)c1cc(-c2cc(OC)c(OC)c(OC)c2)nc2ccccc12. The standard InChI is InChI=1S/C28H25N3O9/c1-36-23-13-17(31(34)35)9-10-21(23)30-26(32)15-40-28(33)19-14-22(29-20-8-6-5-7-18(19)20)16-11-24(37-2)27(39-4)25(12-16)38-3/h5-14H,15H2,1-4H3,(H,30,32). The summed E-state index contributed by atoms with van der Waals surface area (Å²) in [4.78, 5) is 40.8. The van der Waals surface area contributed by atoms with Crippen LogP contribution in [-0.4, -0.2) is 56.8 Å². The number of nitro groups is 1. The quantitative estimate of drug-likeness (QED) is 0.169. The number of aromatic nitrogens is 1. The molecule has 206 valence electrons. The molecule has 0 aliphatic rings. The van der Waals surface area contributed by atoms with E-state index in [1.54, 1.807) is 42.5 Å². The van der Waals surface area contributed by atoms with Gasteiger partial charge in [-0.2, -0.15) is 0 Å². The average molecular weight is 548 g/mol. The summed E-state index contributed by atoms with van der Waals surface area (Å²) in [6.07, 6.45) is 0. The number of carbonyl (C=O) groups excluding carboxylic acids is 2. The number of ether oxygens (including phenoxy) is 5. The number of rotatable bonds is 10. The zero-order valence-electron chi connectivity index (χ0n) is 22.0. The van der Waals surface area contributed by atoms with Gasteiger partial charge in [0.2, 0.25) is 5.75 Å². The second-order valence-corrected chi connectivity index (χ2v) is 8.25. The molecule has 0 aliphatic heterocycles. The fraction of sp³-hybridized carbons (Fsp3) is 0.179. The van der Waals surface area contributed by atoms with Crippen molar-refractivity contribution in [1.82, 2.24) is 4.98 Å². The molecule has 0 saturated heterocycles. The first-order valence-corrected chi connectivity index (χ1v) is 11.8. The predicted octanol–water partition coefficient (Wildman–Crippen LogP) is 4.64. The Kier molecular flexibility index (Phi) is 8.28. The Morgan fingerprint density at radius 2 is 1.55 bits per heavy atom. The number of pyridine rings is 1.